The number of hydrogen-bond acceptors (Lipinski definition) is 4. The molecule has 7 heteroatoms. The van der Waals surface area contributed by atoms with Crippen LogP contribution in [0.1, 0.15) is 38.9 Å². The highest BCUT2D eigenvalue weighted by Crippen LogP contribution is 2.10. The van der Waals surface area contributed by atoms with Crippen LogP contribution in [0, 0.1) is 0 Å². The third kappa shape index (κ3) is 5.06. The predicted molar refractivity (Wildman–Crippen MR) is 92.2 cm³/mol. The van der Waals surface area contributed by atoms with Crippen LogP contribution in [0.4, 0.5) is 0 Å². The average molecular weight is 335 g/mol. The highest BCUT2D eigenvalue weighted by molar-refractivity contribution is 5.86. The van der Waals surface area contributed by atoms with Gasteiger partial charge in [0.05, 0.1) is 6.54 Å². The van der Waals surface area contributed by atoms with E-state index < -0.39 is 6.04 Å². The summed E-state index contributed by atoms with van der Waals surface area (Å²) in [5.74, 6) is 0.941. The molecule has 2 rings (SSSR count). The summed E-state index contributed by atoms with van der Waals surface area (Å²) >= 11 is 0. The van der Waals surface area contributed by atoms with Gasteiger partial charge in [0, 0.05) is 52.5 Å². The molecule has 0 unspecified atom stereocenters. The fourth-order valence-electron chi connectivity index (χ4n) is 3.11. The van der Waals surface area contributed by atoms with Crippen LogP contribution < -0.4 is 5.32 Å². The van der Waals surface area contributed by atoms with Gasteiger partial charge in [0.2, 0.25) is 11.8 Å². The number of rotatable bonds is 6. The monoisotopic (exact) mass is 335 g/mol. The first-order valence-electron chi connectivity index (χ1n) is 8.75. The molecule has 0 aliphatic carbocycles. The van der Waals surface area contributed by atoms with Crippen LogP contribution in [0.25, 0.3) is 0 Å². The summed E-state index contributed by atoms with van der Waals surface area (Å²) in [6.07, 6.45) is 6.26. The first kappa shape index (κ1) is 18.4. The lowest BCUT2D eigenvalue weighted by Crippen LogP contribution is -2.49. The summed E-state index contributed by atoms with van der Waals surface area (Å²) < 4.78 is 2.03. The average Bonchev–Trinajstić information content (AvgIpc) is 2.80. The maximum absolute atomic E-state index is 12.7. The van der Waals surface area contributed by atoms with Gasteiger partial charge in [-0.3, -0.25) is 14.5 Å². The zero-order valence-electron chi connectivity index (χ0n) is 15.0. The number of carbonyl (C=O) groups excluding carboxylic acids is 2. The van der Waals surface area contributed by atoms with Crippen LogP contribution in [0.3, 0.4) is 0 Å². The van der Waals surface area contributed by atoms with Gasteiger partial charge in [0.25, 0.3) is 0 Å². The minimum atomic E-state index is -0.395. The van der Waals surface area contributed by atoms with Crippen molar-refractivity contribution in [3.8, 4) is 0 Å². The van der Waals surface area contributed by atoms with Crippen LogP contribution in [0.5, 0.6) is 0 Å². The van der Waals surface area contributed by atoms with Gasteiger partial charge in [-0.25, -0.2) is 4.98 Å². The smallest absolute Gasteiger partial charge is 0.245 e. The van der Waals surface area contributed by atoms with E-state index in [1.165, 1.54) is 6.92 Å². The van der Waals surface area contributed by atoms with Crippen molar-refractivity contribution in [2.24, 2.45) is 7.05 Å². The van der Waals surface area contributed by atoms with E-state index in [1.807, 2.05) is 35.8 Å². The summed E-state index contributed by atoms with van der Waals surface area (Å²) in [4.78, 5) is 32.7. The molecule has 1 aliphatic rings. The number of nitrogens with zero attached hydrogens (tertiary/aromatic N) is 4. The highest BCUT2D eigenvalue weighted by atomic mass is 16.2. The first-order chi connectivity index (χ1) is 11.5. The van der Waals surface area contributed by atoms with Crippen molar-refractivity contribution in [2.45, 2.75) is 45.7 Å². The second-order valence-electron chi connectivity index (χ2n) is 6.45. The first-order valence-corrected chi connectivity index (χ1v) is 8.75. The Balaban J connectivity index is 1.92. The lowest BCUT2D eigenvalue weighted by atomic mass is 10.1. The lowest BCUT2D eigenvalue weighted by Gasteiger charge is -2.26. The maximum Gasteiger partial charge on any atom is 0.245 e. The predicted octanol–water partition coefficient (Wildman–Crippen LogP) is 0.759. The fourth-order valence-corrected chi connectivity index (χ4v) is 3.11. The van der Waals surface area contributed by atoms with Gasteiger partial charge in [-0.1, -0.05) is 13.3 Å². The second kappa shape index (κ2) is 8.82. The Morgan fingerprint density at radius 2 is 2.08 bits per heavy atom. The molecule has 0 spiro atoms. The molecule has 1 saturated heterocycles. The molecule has 2 amide bonds. The molecule has 1 aromatic heterocycles. The molecule has 1 atom stereocenters. The van der Waals surface area contributed by atoms with Crippen molar-refractivity contribution >= 4 is 11.8 Å². The number of aryl methyl sites for hydroxylation is 1. The van der Waals surface area contributed by atoms with Crippen LogP contribution in [0.2, 0.25) is 0 Å². The van der Waals surface area contributed by atoms with Crippen LogP contribution in [-0.4, -0.2) is 63.4 Å². The van der Waals surface area contributed by atoms with Gasteiger partial charge < -0.3 is 14.8 Å². The third-order valence-corrected chi connectivity index (χ3v) is 4.44. The van der Waals surface area contributed by atoms with E-state index in [-0.39, 0.29) is 11.8 Å². The lowest BCUT2D eigenvalue weighted by molar-refractivity contribution is -0.136. The van der Waals surface area contributed by atoms with Crippen LogP contribution in [0.15, 0.2) is 12.4 Å². The van der Waals surface area contributed by atoms with Crippen molar-refractivity contribution in [1.29, 1.82) is 0 Å². The molecule has 24 heavy (non-hydrogen) atoms. The zero-order valence-corrected chi connectivity index (χ0v) is 15.0. The van der Waals surface area contributed by atoms with Gasteiger partial charge >= 0.3 is 0 Å². The molecular weight excluding hydrogens is 306 g/mol. The number of imidazole rings is 1. The number of amides is 2. The second-order valence-corrected chi connectivity index (χ2v) is 6.45. The fraction of sp³-hybridized carbons (Fsp3) is 0.706. The Labute approximate surface area is 144 Å². The molecule has 0 bridgehead atoms. The van der Waals surface area contributed by atoms with E-state index in [1.54, 1.807) is 0 Å². The van der Waals surface area contributed by atoms with Crippen LogP contribution >= 0.6 is 0 Å². The minimum Gasteiger partial charge on any atom is -0.345 e. The van der Waals surface area contributed by atoms with Gasteiger partial charge in [-0.2, -0.15) is 0 Å². The van der Waals surface area contributed by atoms with Crippen molar-refractivity contribution in [1.82, 2.24) is 24.7 Å². The number of nitrogens with one attached hydrogen (secondary N) is 1. The molecule has 1 aliphatic heterocycles. The Morgan fingerprint density at radius 1 is 1.29 bits per heavy atom. The van der Waals surface area contributed by atoms with Crippen molar-refractivity contribution in [3.63, 3.8) is 0 Å². The van der Waals surface area contributed by atoms with Crippen molar-refractivity contribution < 1.29 is 9.59 Å². The molecule has 134 valence electrons. The molecule has 1 fully saturated rings. The SMILES string of the molecule is CCC[C@H](NC(C)=O)C(=O)N1CCCN(Cc2nccn2C)CC1. The summed E-state index contributed by atoms with van der Waals surface area (Å²) in [5, 5.41) is 2.80. The van der Waals surface area contributed by atoms with Gasteiger partial charge in [0.1, 0.15) is 11.9 Å². The minimum absolute atomic E-state index is 0.0471. The summed E-state index contributed by atoms with van der Waals surface area (Å²) in [6, 6.07) is -0.395. The Hall–Kier alpha value is -1.89. The van der Waals surface area contributed by atoms with E-state index in [9.17, 15) is 9.59 Å². The molecular formula is C17H29N5O2. The number of carbonyl (C=O) groups is 2. The normalized spacial score (nSPS) is 17.4. The number of aromatic nitrogens is 2. The molecule has 7 nitrogen and oxygen atoms in total. The zero-order chi connectivity index (χ0) is 17.5. The maximum atomic E-state index is 12.7. The highest BCUT2D eigenvalue weighted by Gasteiger charge is 2.26. The largest absolute Gasteiger partial charge is 0.345 e. The van der Waals surface area contributed by atoms with Gasteiger partial charge in [-0.15, -0.1) is 0 Å². The van der Waals surface area contributed by atoms with E-state index in [0.717, 1.165) is 44.8 Å². The molecule has 1 N–H and O–H groups in total. The van der Waals surface area contributed by atoms with E-state index in [4.69, 9.17) is 0 Å². The summed E-state index contributed by atoms with van der Waals surface area (Å²) in [7, 11) is 2.00. The quantitative estimate of drug-likeness (QED) is 0.833. The summed E-state index contributed by atoms with van der Waals surface area (Å²) in [5.41, 5.74) is 0. The topological polar surface area (TPSA) is 70.5 Å². The molecule has 1 aromatic rings. The van der Waals surface area contributed by atoms with E-state index >= 15 is 0 Å². The Kier molecular flexibility index (Phi) is 6.78. The van der Waals surface area contributed by atoms with E-state index in [2.05, 4.69) is 15.2 Å². The van der Waals surface area contributed by atoms with E-state index in [0.29, 0.717) is 13.0 Å². The van der Waals surface area contributed by atoms with Gasteiger partial charge in [-0.05, 0) is 12.8 Å². The van der Waals surface area contributed by atoms with Gasteiger partial charge in [0.15, 0.2) is 0 Å². The Bertz CT molecular complexity index is 557. The summed E-state index contributed by atoms with van der Waals surface area (Å²) in [6.45, 7) is 7.52. The molecule has 0 saturated carbocycles. The van der Waals surface area contributed by atoms with Crippen molar-refractivity contribution in [2.75, 3.05) is 26.2 Å². The Morgan fingerprint density at radius 3 is 2.71 bits per heavy atom. The standard InChI is InChI=1S/C17H29N5O2/c1-4-6-15(19-14(2)23)17(24)22-9-5-8-21(11-12-22)13-16-18-7-10-20(16)3/h7,10,15H,4-6,8-9,11-13H2,1-3H3,(H,19,23)/t15-/m0/s1. The van der Waals surface area contributed by atoms with Crippen LogP contribution in [-0.2, 0) is 23.2 Å². The molecule has 0 radical (unpaired) electrons. The molecule has 0 aromatic carbocycles. The number of hydrogen-bond donors (Lipinski definition) is 1. The molecule has 2 heterocycles. The third-order valence-electron chi connectivity index (χ3n) is 4.44. The van der Waals surface area contributed by atoms with Crippen molar-refractivity contribution in [3.05, 3.63) is 18.2 Å².